The van der Waals surface area contributed by atoms with Gasteiger partial charge < -0.3 is 18.9 Å². The van der Waals surface area contributed by atoms with Gasteiger partial charge in [-0.05, 0) is 38.5 Å². The van der Waals surface area contributed by atoms with Gasteiger partial charge in [0, 0.05) is 12.8 Å². The fraction of sp³-hybridized carbons (Fsp3) is 0.818. The van der Waals surface area contributed by atoms with Crippen molar-refractivity contribution in [3.05, 3.63) is 36.5 Å². The summed E-state index contributed by atoms with van der Waals surface area (Å²) >= 11 is 0. The lowest BCUT2D eigenvalue weighted by Crippen LogP contribution is -2.37. The molecule has 0 bridgehead atoms. The van der Waals surface area contributed by atoms with Crippen LogP contribution >= 0.6 is 7.82 Å². The van der Waals surface area contributed by atoms with Crippen molar-refractivity contribution in [3.63, 3.8) is 0 Å². The number of carbonyl (C=O) groups is 2. The Bertz CT molecular complexity index is 1020. The van der Waals surface area contributed by atoms with Crippen LogP contribution in [0.15, 0.2) is 36.5 Å². The first-order valence-corrected chi connectivity index (χ1v) is 23.2. The normalized spacial score (nSPS) is 14.0. The Morgan fingerprint density at radius 1 is 0.574 bits per heavy atom. The summed E-state index contributed by atoms with van der Waals surface area (Å²) < 4.78 is 34.2. The molecule has 2 atom stereocenters. The predicted octanol–water partition coefficient (Wildman–Crippen LogP) is 12.1. The van der Waals surface area contributed by atoms with Crippen molar-refractivity contribution >= 4 is 19.8 Å². The number of nitrogens with zero attached hydrogens (tertiary/aromatic N) is 1. The van der Waals surface area contributed by atoms with Crippen LogP contribution in [0.25, 0.3) is 0 Å². The van der Waals surface area contributed by atoms with E-state index < -0.39 is 26.5 Å². The largest absolute Gasteiger partial charge is 0.472 e. The second kappa shape index (κ2) is 36.8. The zero-order chi connectivity index (χ0) is 40.0. The van der Waals surface area contributed by atoms with Crippen molar-refractivity contribution in [2.45, 2.75) is 187 Å². The Balaban J connectivity index is 4.45. The highest BCUT2D eigenvalue weighted by Gasteiger charge is 2.27. The van der Waals surface area contributed by atoms with E-state index in [9.17, 15) is 19.0 Å². The molecule has 316 valence electrons. The highest BCUT2D eigenvalue weighted by Crippen LogP contribution is 2.43. The number of allylic oxidation sites excluding steroid dienone is 6. The van der Waals surface area contributed by atoms with Gasteiger partial charge >= 0.3 is 19.8 Å². The van der Waals surface area contributed by atoms with Gasteiger partial charge in [0.05, 0.1) is 27.7 Å². The number of hydrogen-bond acceptors (Lipinski definition) is 7. The third-order valence-electron chi connectivity index (χ3n) is 9.19. The third kappa shape index (κ3) is 39.9. The molecule has 0 heterocycles. The average Bonchev–Trinajstić information content (AvgIpc) is 3.12. The van der Waals surface area contributed by atoms with E-state index in [-0.39, 0.29) is 32.0 Å². The van der Waals surface area contributed by atoms with Gasteiger partial charge in [0.15, 0.2) is 6.10 Å². The minimum atomic E-state index is -4.39. The summed E-state index contributed by atoms with van der Waals surface area (Å²) in [5.74, 6) is -0.883. The molecule has 0 aliphatic rings. The summed E-state index contributed by atoms with van der Waals surface area (Å²) in [6, 6.07) is 0. The Labute approximate surface area is 331 Å². The summed E-state index contributed by atoms with van der Waals surface area (Å²) in [6.45, 7) is 4.34. The first kappa shape index (κ1) is 52.2. The van der Waals surface area contributed by atoms with Crippen LogP contribution in [-0.4, -0.2) is 74.9 Å². The van der Waals surface area contributed by atoms with Crippen molar-refractivity contribution in [2.75, 3.05) is 47.5 Å². The van der Waals surface area contributed by atoms with Crippen LogP contribution in [0.1, 0.15) is 181 Å². The van der Waals surface area contributed by atoms with E-state index in [0.29, 0.717) is 17.4 Å². The van der Waals surface area contributed by atoms with Gasteiger partial charge in [0.2, 0.25) is 0 Å². The lowest BCUT2D eigenvalue weighted by Gasteiger charge is -2.24. The molecule has 0 amide bonds. The standard InChI is InChI=1S/C44H82NO8P/c1-6-8-10-12-14-16-18-20-22-24-26-28-30-32-34-36-43(46)50-40-42(41-52-54(48,49)51-39-38-45(3,4)5)53-44(47)37-35-33-31-29-27-25-23-21-19-17-15-13-11-9-7-2/h19,21,25,27,31,33,42H,6-18,20,22-24,26,28-30,32,34-41H2,1-5H3/p+1/b21-19-,27-25-,33-31-. The SMILES string of the molecule is CCCCCCC/C=C\C/C=C\C/C=C\CCC(=O)OC(COC(=O)CCCCCCCCCCCCCCCCC)COP(=O)(O)OCC[N+](C)(C)C. The molecule has 1 N–H and O–H groups in total. The zero-order valence-electron chi connectivity index (χ0n) is 35.5. The molecule has 0 fully saturated rings. The van der Waals surface area contributed by atoms with Gasteiger partial charge in [-0.2, -0.15) is 0 Å². The summed E-state index contributed by atoms with van der Waals surface area (Å²) in [5.41, 5.74) is 0. The van der Waals surface area contributed by atoms with Crippen molar-refractivity contribution in [1.82, 2.24) is 0 Å². The molecule has 0 saturated carbocycles. The van der Waals surface area contributed by atoms with Gasteiger partial charge in [-0.3, -0.25) is 18.6 Å². The van der Waals surface area contributed by atoms with E-state index in [1.165, 1.54) is 109 Å². The van der Waals surface area contributed by atoms with E-state index in [1.54, 1.807) is 0 Å². The number of esters is 2. The highest BCUT2D eigenvalue weighted by molar-refractivity contribution is 7.47. The zero-order valence-corrected chi connectivity index (χ0v) is 36.3. The van der Waals surface area contributed by atoms with Crippen LogP contribution in [0.2, 0.25) is 0 Å². The molecule has 9 nitrogen and oxygen atoms in total. The Hall–Kier alpha value is -1.77. The second-order valence-corrected chi connectivity index (χ2v) is 17.2. The number of unbranched alkanes of at least 4 members (excludes halogenated alkanes) is 19. The maximum Gasteiger partial charge on any atom is 0.472 e. The van der Waals surface area contributed by atoms with Crippen molar-refractivity contribution in [3.8, 4) is 0 Å². The Morgan fingerprint density at radius 3 is 1.56 bits per heavy atom. The Morgan fingerprint density at radius 2 is 1.04 bits per heavy atom. The second-order valence-electron chi connectivity index (χ2n) is 15.7. The lowest BCUT2D eigenvalue weighted by molar-refractivity contribution is -0.870. The maximum absolute atomic E-state index is 12.6. The van der Waals surface area contributed by atoms with E-state index in [1.807, 2.05) is 33.3 Å². The molecule has 54 heavy (non-hydrogen) atoms. The topological polar surface area (TPSA) is 108 Å². The van der Waals surface area contributed by atoms with Crippen LogP contribution in [-0.2, 0) is 32.7 Å². The van der Waals surface area contributed by atoms with Gasteiger partial charge in [0.25, 0.3) is 0 Å². The molecule has 0 aromatic rings. The number of hydrogen-bond donors (Lipinski definition) is 1. The lowest BCUT2D eigenvalue weighted by atomic mass is 10.0. The van der Waals surface area contributed by atoms with Gasteiger partial charge in [-0.1, -0.05) is 166 Å². The molecule has 0 aliphatic carbocycles. The monoisotopic (exact) mass is 785 g/mol. The molecular weight excluding hydrogens is 701 g/mol. The Kier molecular flexibility index (Phi) is 35.6. The summed E-state index contributed by atoms with van der Waals surface area (Å²) in [6.07, 6.45) is 40.6. The van der Waals surface area contributed by atoms with Gasteiger partial charge in [-0.15, -0.1) is 0 Å². The molecule has 0 aliphatic heterocycles. The van der Waals surface area contributed by atoms with E-state index in [4.69, 9.17) is 18.5 Å². The molecule has 2 unspecified atom stereocenters. The summed E-state index contributed by atoms with van der Waals surface area (Å²) in [4.78, 5) is 35.3. The average molecular weight is 785 g/mol. The van der Waals surface area contributed by atoms with Crippen LogP contribution in [0.5, 0.6) is 0 Å². The number of phosphoric ester groups is 1. The summed E-state index contributed by atoms with van der Waals surface area (Å²) in [5, 5.41) is 0. The number of quaternary nitrogens is 1. The maximum atomic E-state index is 12.6. The quantitative estimate of drug-likeness (QED) is 0.0216. The number of ether oxygens (including phenoxy) is 2. The van der Waals surface area contributed by atoms with Crippen LogP contribution in [0, 0.1) is 0 Å². The molecule has 0 spiro atoms. The predicted molar refractivity (Wildman–Crippen MR) is 224 cm³/mol. The molecular formula is C44H83NO8P+. The first-order valence-electron chi connectivity index (χ1n) is 21.7. The van der Waals surface area contributed by atoms with E-state index in [2.05, 4.69) is 38.2 Å². The van der Waals surface area contributed by atoms with Crippen LogP contribution in [0.4, 0.5) is 0 Å². The van der Waals surface area contributed by atoms with E-state index in [0.717, 1.165) is 38.5 Å². The number of phosphoric acid groups is 1. The summed E-state index contributed by atoms with van der Waals surface area (Å²) in [7, 11) is 1.44. The van der Waals surface area contributed by atoms with Gasteiger partial charge in [0.1, 0.15) is 19.8 Å². The van der Waals surface area contributed by atoms with Crippen molar-refractivity contribution < 1.29 is 42.1 Å². The molecule has 0 aromatic heterocycles. The molecule has 0 radical (unpaired) electrons. The van der Waals surface area contributed by atoms with Crippen LogP contribution in [0.3, 0.4) is 0 Å². The van der Waals surface area contributed by atoms with E-state index >= 15 is 0 Å². The molecule has 0 saturated heterocycles. The number of rotatable bonds is 39. The fourth-order valence-electron chi connectivity index (χ4n) is 5.75. The highest BCUT2D eigenvalue weighted by atomic mass is 31.2. The van der Waals surface area contributed by atoms with Crippen molar-refractivity contribution in [1.29, 1.82) is 0 Å². The third-order valence-corrected chi connectivity index (χ3v) is 10.2. The van der Waals surface area contributed by atoms with Crippen molar-refractivity contribution in [2.24, 2.45) is 0 Å². The van der Waals surface area contributed by atoms with Gasteiger partial charge in [-0.25, -0.2) is 4.57 Å². The minimum absolute atomic E-state index is 0.0212. The molecule has 0 rings (SSSR count). The molecule has 0 aromatic carbocycles. The smallest absolute Gasteiger partial charge is 0.462 e. The molecule has 10 heteroatoms. The minimum Gasteiger partial charge on any atom is -0.462 e. The first-order chi connectivity index (χ1) is 26.0. The number of carbonyl (C=O) groups excluding carboxylic acids is 2. The van der Waals surface area contributed by atoms with Crippen LogP contribution < -0.4 is 0 Å². The number of likely N-dealkylation sites (N-methyl/N-ethyl adjacent to an activating group) is 1. The fourth-order valence-corrected chi connectivity index (χ4v) is 6.49.